The molecule has 5 heteroatoms. The Morgan fingerprint density at radius 2 is 2.10 bits per heavy atom. The summed E-state index contributed by atoms with van der Waals surface area (Å²) < 4.78 is 12.9. The summed E-state index contributed by atoms with van der Waals surface area (Å²) in [5.41, 5.74) is 2.11. The third-order valence-corrected chi connectivity index (χ3v) is 4.82. The highest BCUT2D eigenvalue weighted by Crippen LogP contribution is 2.24. The molecule has 0 aliphatic carbocycles. The van der Waals surface area contributed by atoms with Gasteiger partial charge in [-0.3, -0.25) is 4.79 Å². The highest BCUT2D eigenvalue weighted by atomic mass is 32.1. The van der Waals surface area contributed by atoms with E-state index >= 15 is 0 Å². The van der Waals surface area contributed by atoms with E-state index < -0.39 is 0 Å². The van der Waals surface area contributed by atoms with Crippen molar-refractivity contribution in [3.8, 4) is 0 Å². The van der Waals surface area contributed by atoms with Gasteiger partial charge in [-0.15, -0.1) is 11.3 Å². The van der Waals surface area contributed by atoms with Gasteiger partial charge in [-0.2, -0.15) is 0 Å². The van der Waals surface area contributed by atoms with Gasteiger partial charge in [0.1, 0.15) is 5.82 Å². The summed E-state index contributed by atoms with van der Waals surface area (Å²) in [6.07, 6.45) is 0.943. The number of fused-ring (bicyclic) bond motifs is 1. The molecular weight excluding hydrogens is 287 g/mol. The van der Waals surface area contributed by atoms with Crippen LogP contribution < -0.4 is 4.90 Å². The van der Waals surface area contributed by atoms with E-state index in [1.54, 1.807) is 23.5 Å². The lowest BCUT2D eigenvalue weighted by atomic mass is 10.1. The van der Waals surface area contributed by atoms with Gasteiger partial charge in [0.25, 0.3) is 0 Å². The number of carbonyl (C=O) groups excluding carboxylic acids is 1. The fraction of sp³-hybridized carbons (Fsp3) is 0.312. The third-order valence-electron chi connectivity index (χ3n) is 3.80. The SMILES string of the molecule is CN(CC(=O)N1CCc2sccc2C1)c1ccc(F)cc1. The number of likely N-dealkylation sites (N-methyl/N-ethyl adjacent to an activating group) is 1. The second-order valence-corrected chi connectivity index (χ2v) is 6.27. The van der Waals surface area contributed by atoms with Crippen molar-refractivity contribution in [3.05, 3.63) is 52.0 Å². The van der Waals surface area contributed by atoms with E-state index in [4.69, 9.17) is 0 Å². The zero-order valence-corrected chi connectivity index (χ0v) is 12.7. The first kappa shape index (κ1) is 14.1. The van der Waals surface area contributed by atoms with Gasteiger partial charge < -0.3 is 9.80 Å². The van der Waals surface area contributed by atoms with Crippen LogP contribution in [0.3, 0.4) is 0 Å². The van der Waals surface area contributed by atoms with Crippen LogP contribution in [0.15, 0.2) is 35.7 Å². The molecule has 0 bridgehead atoms. The van der Waals surface area contributed by atoms with Crippen LogP contribution in [0.25, 0.3) is 0 Å². The number of rotatable bonds is 3. The number of nitrogens with zero attached hydrogens (tertiary/aromatic N) is 2. The van der Waals surface area contributed by atoms with Gasteiger partial charge in [0.05, 0.1) is 6.54 Å². The van der Waals surface area contributed by atoms with E-state index in [9.17, 15) is 9.18 Å². The van der Waals surface area contributed by atoms with Gasteiger partial charge in [0, 0.05) is 30.7 Å². The molecule has 1 amide bonds. The average molecular weight is 304 g/mol. The Morgan fingerprint density at radius 3 is 2.86 bits per heavy atom. The minimum Gasteiger partial charge on any atom is -0.365 e. The molecule has 0 fully saturated rings. The maximum atomic E-state index is 12.9. The van der Waals surface area contributed by atoms with E-state index in [1.165, 1.54) is 22.6 Å². The van der Waals surface area contributed by atoms with Gasteiger partial charge in [-0.05, 0) is 47.7 Å². The summed E-state index contributed by atoms with van der Waals surface area (Å²) in [5.74, 6) is -0.154. The number of benzene rings is 1. The maximum Gasteiger partial charge on any atom is 0.242 e. The molecule has 0 unspecified atom stereocenters. The molecule has 0 spiro atoms. The van der Waals surface area contributed by atoms with Crippen molar-refractivity contribution >= 4 is 22.9 Å². The molecular formula is C16H17FN2OS. The molecule has 2 aromatic rings. The predicted molar refractivity (Wildman–Crippen MR) is 83.1 cm³/mol. The van der Waals surface area contributed by atoms with E-state index in [0.717, 1.165) is 18.7 Å². The summed E-state index contributed by atoms with van der Waals surface area (Å²) in [4.78, 5) is 17.5. The molecule has 0 N–H and O–H groups in total. The first-order chi connectivity index (χ1) is 10.1. The van der Waals surface area contributed by atoms with Crippen LogP contribution in [0.1, 0.15) is 10.4 Å². The van der Waals surface area contributed by atoms with Crippen molar-refractivity contribution in [2.45, 2.75) is 13.0 Å². The Hall–Kier alpha value is -1.88. The monoisotopic (exact) mass is 304 g/mol. The number of thiophene rings is 1. The molecule has 1 aliphatic heterocycles. The quantitative estimate of drug-likeness (QED) is 0.870. The number of anilines is 1. The molecule has 3 nitrogen and oxygen atoms in total. The van der Waals surface area contributed by atoms with Crippen LogP contribution in [-0.4, -0.2) is 30.9 Å². The van der Waals surface area contributed by atoms with Gasteiger partial charge >= 0.3 is 0 Å². The van der Waals surface area contributed by atoms with Crippen molar-refractivity contribution in [1.29, 1.82) is 0 Å². The Labute approximate surface area is 127 Å². The molecule has 0 atom stereocenters. The largest absolute Gasteiger partial charge is 0.365 e. The highest BCUT2D eigenvalue weighted by Gasteiger charge is 2.22. The second-order valence-electron chi connectivity index (χ2n) is 5.27. The molecule has 2 heterocycles. The van der Waals surface area contributed by atoms with Gasteiger partial charge in [-0.25, -0.2) is 4.39 Å². The van der Waals surface area contributed by atoms with Crippen LogP contribution in [-0.2, 0) is 17.8 Å². The smallest absolute Gasteiger partial charge is 0.242 e. The van der Waals surface area contributed by atoms with E-state index in [-0.39, 0.29) is 11.7 Å². The average Bonchev–Trinajstić information content (AvgIpc) is 2.95. The molecule has 0 saturated carbocycles. The van der Waals surface area contributed by atoms with Crippen LogP contribution in [0, 0.1) is 5.82 Å². The van der Waals surface area contributed by atoms with E-state index in [2.05, 4.69) is 11.4 Å². The summed E-state index contributed by atoms with van der Waals surface area (Å²) in [5, 5.41) is 2.09. The number of amides is 1. The molecule has 1 aromatic heterocycles. The van der Waals surface area contributed by atoms with Gasteiger partial charge in [-0.1, -0.05) is 0 Å². The summed E-state index contributed by atoms with van der Waals surface area (Å²) in [7, 11) is 1.85. The van der Waals surface area contributed by atoms with E-state index in [0.29, 0.717) is 13.1 Å². The van der Waals surface area contributed by atoms with Crippen molar-refractivity contribution in [2.75, 3.05) is 25.0 Å². The Bertz CT molecular complexity index is 638. The number of hydrogen-bond donors (Lipinski definition) is 0. The minimum atomic E-state index is -0.264. The standard InChI is InChI=1S/C16H17FN2OS/c1-18(14-4-2-13(17)3-5-14)11-16(20)19-8-6-15-12(10-19)7-9-21-15/h2-5,7,9H,6,8,10-11H2,1H3. The first-order valence-corrected chi connectivity index (χ1v) is 7.81. The summed E-state index contributed by atoms with van der Waals surface area (Å²) in [6, 6.07) is 8.30. The van der Waals surface area contributed by atoms with Crippen LogP contribution in [0.5, 0.6) is 0 Å². The number of carbonyl (C=O) groups is 1. The fourth-order valence-corrected chi connectivity index (χ4v) is 3.44. The van der Waals surface area contributed by atoms with Gasteiger partial charge in [0.2, 0.25) is 5.91 Å². The maximum absolute atomic E-state index is 12.9. The lowest BCUT2D eigenvalue weighted by molar-refractivity contribution is -0.130. The van der Waals surface area contributed by atoms with Crippen molar-refractivity contribution in [1.82, 2.24) is 4.90 Å². The van der Waals surface area contributed by atoms with Crippen molar-refractivity contribution in [2.24, 2.45) is 0 Å². The van der Waals surface area contributed by atoms with Crippen LogP contribution in [0.4, 0.5) is 10.1 Å². The van der Waals surface area contributed by atoms with Gasteiger partial charge in [0.15, 0.2) is 0 Å². The van der Waals surface area contributed by atoms with Crippen LogP contribution >= 0.6 is 11.3 Å². The Kier molecular flexibility index (Phi) is 3.92. The summed E-state index contributed by atoms with van der Waals surface area (Å²) in [6.45, 7) is 1.80. The molecule has 0 radical (unpaired) electrons. The normalized spacial score (nSPS) is 13.9. The molecule has 21 heavy (non-hydrogen) atoms. The first-order valence-electron chi connectivity index (χ1n) is 6.93. The lowest BCUT2D eigenvalue weighted by Crippen LogP contribution is -2.41. The lowest BCUT2D eigenvalue weighted by Gasteiger charge is -2.29. The highest BCUT2D eigenvalue weighted by molar-refractivity contribution is 7.10. The number of halogens is 1. The second kappa shape index (κ2) is 5.85. The molecule has 1 aromatic carbocycles. The fourth-order valence-electron chi connectivity index (χ4n) is 2.55. The Balaban J connectivity index is 1.63. The molecule has 0 saturated heterocycles. The Morgan fingerprint density at radius 1 is 1.33 bits per heavy atom. The zero-order valence-electron chi connectivity index (χ0n) is 11.9. The molecule has 110 valence electrons. The molecule has 1 aliphatic rings. The third kappa shape index (κ3) is 3.08. The predicted octanol–water partition coefficient (Wildman–Crippen LogP) is 2.91. The van der Waals surface area contributed by atoms with Crippen LogP contribution in [0.2, 0.25) is 0 Å². The molecule has 3 rings (SSSR count). The van der Waals surface area contributed by atoms with E-state index in [1.807, 2.05) is 16.8 Å². The van der Waals surface area contributed by atoms with Crippen molar-refractivity contribution in [3.63, 3.8) is 0 Å². The minimum absolute atomic E-state index is 0.110. The zero-order chi connectivity index (χ0) is 14.8. The van der Waals surface area contributed by atoms with Crippen molar-refractivity contribution < 1.29 is 9.18 Å². The number of hydrogen-bond acceptors (Lipinski definition) is 3. The topological polar surface area (TPSA) is 23.6 Å². The summed E-state index contributed by atoms with van der Waals surface area (Å²) >= 11 is 1.77.